The topological polar surface area (TPSA) is 103 Å². The molecule has 3 aromatic heterocycles. The molecule has 5 heterocycles. The van der Waals surface area contributed by atoms with Gasteiger partial charge in [0.05, 0.1) is 23.5 Å². The van der Waals surface area contributed by atoms with E-state index in [0.29, 0.717) is 17.5 Å². The van der Waals surface area contributed by atoms with Crippen molar-refractivity contribution >= 4 is 34.4 Å². The van der Waals surface area contributed by atoms with Crippen LogP contribution in [0.3, 0.4) is 0 Å². The summed E-state index contributed by atoms with van der Waals surface area (Å²) in [5.41, 5.74) is 2.53. The molecule has 6 rings (SSSR count). The molecule has 0 unspecified atom stereocenters. The number of aliphatic hydroxyl groups excluding tert-OH is 1. The van der Waals surface area contributed by atoms with E-state index in [0.717, 1.165) is 68.8 Å². The molecule has 2 N–H and O–H groups in total. The summed E-state index contributed by atoms with van der Waals surface area (Å²) in [6, 6.07) is 5.98. The Morgan fingerprint density at radius 2 is 1.86 bits per heavy atom. The van der Waals surface area contributed by atoms with Crippen LogP contribution in [-0.2, 0) is 5.54 Å². The van der Waals surface area contributed by atoms with E-state index >= 15 is 0 Å². The number of aliphatic hydroxyl groups is 1. The fourth-order valence-corrected chi connectivity index (χ4v) is 6.38. The van der Waals surface area contributed by atoms with E-state index in [2.05, 4.69) is 35.7 Å². The van der Waals surface area contributed by atoms with E-state index in [9.17, 15) is 9.90 Å². The number of rotatable bonds is 5. The van der Waals surface area contributed by atoms with Crippen molar-refractivity contribution in [1.29, 1.82) is 0 Å². The maximum atomic E-state index is 13.0. The minimum Gasteiger partial charge on any atom is -0.392 e. The summed E-state index contributed by atoms with van der Waals surface area (Å²) in [6.45, 7) is 6.97. The van der Waals surface area contributed by atoms with Crippen molar-refractivity contribution in [1.82, 2.24) is 29.3 Å². The van der Waals surface area contributed by atoms with Gasteiger partial charge in [0.15, 0.2) is 0 Å². The third-order valence-electron chi connectivity index (χ3n) is 8.14. The lowest BCUT2D eigenvalue weighted by Crippen LogP contribution is -2.53. The molecule has 1 saturated heterocycles. The second-order valence-corrected chi connectivity index (χ2v) is 10.9. The molecule has 0 radical (unpaired) electrons. The summed E-state index contributed by atoms with van der Waals surface area (Å²) < 4.78 is 2.21. The van der Waals surface area contributed by atoms with E-state index in [1.165, 1.54) is 19.3 Å². The minimum absolute atomic E-state index is 0.0488. The van der Waals surface area contributed by atoms with E-state index in [4.69, 9.17) is 4.98 Å². The summed E-state index contributed by atoms with van der Waals surface area (Å²) >= 11 is 0. The number of aromatic nitrogens is 4. The standard InChI is InChI=1S/C27H36N8O2/c1-19(36)17-33-10-12-34(13-11-33)21-6-7-23(28-16-21)30-26-29-15-20-14-22-25(37)32(2)18-27(8-4-3-5-9-27)35(22)24(20)31-26/h6-7,14-16,19,36H,3-5,8-13,17-18H2,1-2H3,(H,28,29,30,31)/t19-/m0/s1. The first-order valence-corrected chi connectivity index (χ1v) is 13.4. The largest absolute Gasteiger partial charge is 0.392 e. The van der Waals surface area contributed by atoms with E-state index in [1.807, 2.05) is 37.2 Å². The number of carbonyl (C=O) groups excluding carboxylic acids is 1. The first-order chi connectivity index (χ1) is 17.9. The molecule has 1 saturated carbocycles. The van der Waals surface area contributed by atoms with E-state index in [-0.39, 0.29) is 17.6 Å². The summed E-state index contributed by atoms with van der Waals surface area (Å²) in [4.78, 5) is 33.6. The quantitative estimate of drug-likeness (QED) is 0.547. The summed E-state index contributed by atoms with van der Waals surface area (Å²) in [6.07, 6.45) is 9.10. The van der Waals surface area contributed by atoms with Crippen LogP contribution in [0, 0.1) is 0 Å². The fourth-order valence-electron chi connectivity index (χ4n) is 6.38. The van der Waals surface area contributed by atoms with Gasteiger partial charge in [-0.2, -0.15) is 4.98 Å². The normalized spacial score (nSPS) is 20.9. The smallest absolute Gasteiger partial charge is 0.270 e. The van der Waals surface area contributed by atoms with Crippen LogP contribution in [0.5, 0.6) is 0 Å². The molecule has 2 aliphatic heterocycles. The number of hydrogen-bond acceptors (Lipinski definition) is 8. The maximum Gasteiger partial charge on any atom is 0.270 e. The molecule has 10 heteroatoms. The van der Waals surface area contributed by atoms with Gasteiger partial charge in [-0.25, -0.2) is 9.97 Å². The Morgan fingerprint density at radius 3 is 2.57 bits per heavy atom. The lowest BCUT2D eigenvalue weighted by atomic mass is 9.79. The van der Waals surface area contributed by atoms with Crippen LogP contribution in [0.2, 0.25) is 0 Å². The number of nitrogens with zero attached hydrogens (tertiary/aromatic N) is 7. The second-order valence-electron chi connectivity index (χ2n) is 10.9. The van der Waals surface area contributed by atoms with Gasteiger partial charge in [-0.05, 0) is 38.0 Å². The lowest BCUT2D eigenvalue weighted by molar-refractivity contribution is 0.0543. The van der Waals surface area contributed by atoms with Crippen LogP contribution in [0.1, 0.15) is 49.5 Å². The zero-order chi connectivity index (χ0) is 25.6. The number of nitrogens with one attached hydrogen (secondary N) is 1. The summed E-state index contributed by atoms with van der Waals surface area (Å²) in [5, 5.41) is 13.8. The van der Waals surface area contributed by atoms with Crippen molar-refractivity contribution in [2.45, 2.75) is 50.7 Å². The number of fused-ring (bicyclic) bond motifs is 4. The van der Waals surface area contributed by atoms with Crippen molar-refractivity contribution in [2.75, 3.05) is 56.5 Å². The number of hydrogen-bond donors (Lipinski definition) is 2. The SMILES string of the molecule is C[C@H](O)CN1CCN(c2ccc(Nc3ncc4cc5n(c4n3)C3(CCCCC3)CN(C)C5=O)nc2)CC1. The highest BCUT2D eigenvalue weighted by atomic mass is 16.3. The molecule has 1 aliphatic carbocycles. The Morgan fingerprint density at radius 1 is 1.08 bits per heavy atom. The Labute approximate surface area is 217 Å². The molecule has 37 heavy (non-hydrogen) atoms. The first kappa shape index (κ1) is 24.1. The molecule has 1 spiro atoms. The number of carbonyl (C=O) groups is 1. The van der Waals surface area contributed by atoms with Crippen LogP contribution >= 0.6 is 0 Å². The van der Waals surface area contributed by atoms with Gasteiger partial charge >= 0.3 is 0 Å². The molecule has 0 bridgehead atoms. The van der Waals surface area contributed by atoms with Gasteiger partial charge < -0.3 is 24.8 Å². The van der Waals surface area contributed by atoms with E-state index in [1.54, 1.807) is 6.20 Å². The van der Waals surface area contributed by atoms with Gasteiger partial charge in [-0.1, -0.05) is 19.3 Å². The number of pyridine rings is 1. The Balaban J connectivity index is 1.22. The number of β-amino-alcohol motifs (C(OH)–C–C–N with tert-alkyl or cyclic N) is 1. The molecular weight excluding hydrogens is 468 g/mol. The molecule has 0 aromatic carbocycles. The Bertz CT molecular complexity index is 1270. The van der Waals surface area contributed by atoms with Gasteiger partial charge in [0.1, 0.15) is 17.2 Å². The van der Waals surface area contributed by atoms with Crippen LogP contribution in [0.15, 0.2) is 30.6 Å². The monoisotopic (exact) mass is 504 g/mol. The zero-order valence-corrected chi connectivity index (χ0v) is 21.7. The number of likely N-dealkylation sites (N-methyl/N-ethyl adjacent to an activating group) is 1. The fraction of sp³-hybridized carbons (Fsp3) is 0.556. The predicted molar refractivity (Wildman–Crippen MR) is 143 cm³/mol. The van der Waals surface area contributed by atoms with Crippen molar-refractivity contribution in [3.8, 4) is 0 Å². The number of amides is 1. The van der Waals surface area contributed by atoms with Crippen molar-refractivity contribution in [2.24, 2.45) is 0 Å². The Hall–Kier alpha value is -3.24. The predicted octanol–water partition coefficient (Wildman–Crippen LogP) is 2.82. The van der Waals surface area contributed by atoms with Gasteiger partial charge in [0.25, 0.3) is 5.91 Å². The third kappa shape index (κ3) is 4.53. The molecular formula is C27H36N8O2. The van der Waals surface area contributed by atoms with Gasteiger partial charge in [0.2, 0.25) is 5.95 Å². The molecule has 10 nitrogen and oxygen atoms in total. The van der Waals surface area contributed by atoms with Crippen LogP contribution < -0.4 is 10.2 Å². The van der Waals surface area contributed by atoms with Crippen molar-refractivity contribution in [3.63, 3.8) is 0 Å². The van der Waals surface area contributed by atoms with Gasteiger partial charge in [-0.3, -0.25) is 9.69 Å². The highest BCUT2D eigenvalue weighted by molar-refractivity contribution is 5.99. The molecule has 3 aliphatic rings. The first-order valence-electron chi connectivity index (χ1n) is 13.4. The van der Waals surface area contributed by atoms with Gasteiger partial charge in [-0.15, -0.1) is 0 Å². The minimum atomic E-state index is -0.299. The molecule has 2 fully saturated rings. The van der Waals surface area contributed by atoms with Gasteiger partial charge in [0, 0.05) is 57.9 Å². The average molecular weight is 505 g/mol. The van der Waals surface area contributed by atoms with Crippen LogP contribution in [-0.4, -0.2) is 92.8 Å². The highest BCUT2D eigenvalue weighted by Crippen LogP contribution is 2.42. The van der Waals surface area contributed by atoms with E-state index < -0.39 is 0 Å². The maximum absolute atomic E-state index is 13.0. The lowest BCUT2D eigenvalue weighted by Gasteiger charge is -2.45. The van der Waals surface area contributed by atoms with Crippen molar-refractivity contribution < 1.29 is 9.90 Å². The average Bonchev–Trinajstić information content (AvgIpc) is 3.29. The second kappa shape index (κ2) is 9.57. The molecule has 1 amide bonds. The van der Waals surface area contributed by atoms with Crippen molar-refractivity contribution in [3.05, 3.63) is 36.3 Å². The molecule has 3 aromatic rings. The zero-order valence-electron chi connectivity index (χ0n) is 21.7. The van der Waals surface area contributed by atoms with Crippen LogP contribution in [0.25, 0.3) is 11.0 Å². The molecule has 1 atom stereocenters. The summed E-state index contributed by atoms with van der Waals surface area (Å²) in [7, 11) is 1.91. The number of piperazine rings is 1. The third-order valence-corrected chi connectivity index (χ3v) is 8.14. The Kier molecular flexibility index (Phi) is 6.24. The summed E-state index contributed by atoms with van der Waals surface area (Å²) in [5.74, 6) is 1.22. The number of anilines is 3. The molecule has 196 valence electrons. The highest BCUT2D eigenvalue weighted by Gasteiger charge is 2.43. The van der Waals surface area contributed by atoms with Crippen LogP contribution in [0.4, 0.5) is 17.5 Å².